The molecule has 0 bridgehead atoms. The first kappa shape index (κ1) is 12.7. The van der Waals surface area contributed by atoms with Crippen molar-refractivity contribution >= 4 is 0 Å². The number of aromatic nitrogens is 1. The summed E-state index contributed by atoms with van der Waals surface area (Å²) in [5.74, 6) is 0. The van der Waals surface area contributed by atoms with Gasteiger partial charge in [0.2, 0.25) is 0 Å². The summed E-state index contributed by atoms with van der Waals surface area (Å²) in [6, 6.07) is 2.17. The van der Waals surface area contributed by atoms with Crippen LogP contribution in [-0.2, 0) is 13.0 Å². The van der Waals surface area contributed by atoms with Crippen LogP contribution in [0.2, 0.25) is 0 Å². The first-order chi connectivity index (χ1) is 8.13. The highest BCUT2D eigenvalue weighted by Crippen LogP contribution is 2.31. The Morgan fingerprint density at radius 3 is 3.00 bits per heavy atom. The topological polar surface area (TPSA) is 28.4 Å². The molecule has 0 fully saturated rings. The van der Waals surface area contributed by atoms with Crippen LogP contribution in [0.25, 0.3) is 0 Å². The van der Waals surface area contributed by atoms with Gasteiger partial charge in [-0.2, -0.15) is 0 Å². The molecule has 3 nitrogen and oxygen atoms in total. The van der Waals surface area contributed by atoms with Crippen LogP contribution in [0.5, 0.6) is 0 Å². The van der Waals surface area contributed by atoms with E-state index < -0.39 is 0 Å². The summed E-state index contributed by atoms with van der Waals surface area (Å²) in [5.41, 5.74) is 3.83. The monoisotopic (exact) mass is 236 g/mol. The van der Waals surface area contributed by atoms with E-state index in [1.54, 1.807) is 0 Å². The molecule has 1 aliphatic rings. The van der Waals surface area contributed by atoms with E-state index >= 15 is 0 Å². The van der Waals surface area contributed by atoms with Crippen molar-refractivity contribution in [1.29, 1.82) is 0 Å². The van der Waals surface area contributed by atoms with Crippen LogP contribution in [0.4, 0.5) is 0 Å². The van der Waals surface area contributed by atoms with E-state index in [0.29, 0.717) is 0 Å². The molecule has 1 aliphatic carbocycles. The smallest absolute Gasteiger partial charge is 0.0807 e. The van der Waals surface area contributed by atoms with Crippen LogP contribution in [0, 0.1) is 6.92 Å². The Morgan fingerprint density at radius 2 is 2.29 bits per heavy atom. The average molecular weight is 236 g/mol. The number of likely N-dealkylation sites (N-methyl/N-ethyl adjacent to an activating group) is 1. The fourth-order valence-electron chi connectivity index (χ4n) is 2.68. The van der Waals surface area contributed by atoms with Crippen molar-refractivity contribution in [2.75, 3.05) is 20.1 Å². The number of rotatable bonds is 4. The molecule has 1 atom stereocenters. The van der Waals surface area contributed by atoms with E-state index in [1.165, 1.54) is 17.0 Å². The van der Waals surface area contributed by atoms with Gasteiger partial charge < -0.3 is 14.6 Å². The van der Waals surface area contributed by atoms with Crippen molar-refractivity contribution in [3.05, 3.63) is 23.0 Å². The lowest BCUT2D eigenvalue weighted by Gasteiger charge is -2.22. The standard InChI is InChI=1S/C14H24N2O/c1-4-15(3)8-9-16-11(2)10-12-13(16)6-5-7-14(12)17/h10,14,17H,4-9H2,1-3H3. The molecule has 0 amide bonds. The Balaban J connectivity index is 2.17. The molecular weight excluding hydrogens is 212 g/mol. The highest BCUT2D eigenvalue weighted by atomic mass is 16.3. The second kappa shape index (κ2) is 5.23. The lowest BCUT2D eigenvalue weighted by Crippen LogP contribution is -2.24. The van der Waals surface area contributed by atoms with E-state index in [4.69, 9.17) is 0 Å². The number of aliphatic hydroxyl groups excluding tert-OH is 1. The molecule has 17 heavy (non-hydrogen) atoms. The minimum Gasteiger partial charge on any atom is -0.388 e. The molecule has 0 saturated carbocycles. The van der Waals surface area contributed by atoms with Crippen LogP contribution in [-0.4, -0.2) is 34.7 Å². The van der Waals surface area contributed by atoms with Gasteiger partial charge in [0, 0.05) is 30.0 Å². The van der Waals surface area contributed by atoms with Gasteiger partial charge in [0.15, 0.2) is 0 Å². The molecule has 2 rings (SSSR count). The van der Waals surface area contributed by atoms with Gasteiger partial charge in [-0.25, -0.2) is 0 Å². The molecule has 1 aromatic rings. The summed E-state index contributed by atoms with van der Waals surface area (Å²) < 4.78 is 2.39. The van der Waals surface area contributed by atoms with Crippen molar-refractivity contribution in [3.8, 4) is 0 Å². The Morgan fingerprint density at radius 1 is 1.53 bits per heavy atom. The molecule has 96 valence electrons. The summed E-state index contributed by atoms with van der Waals surface area (Å²) in [6.45, 7) is 7.54. The molecular formula is C14H24N2O. The number of hydrogen-bond donors (Lipinski definition) is 1. The fourth-order valence-corrected chi connectivity index (χ4v) is 2.68. The average Bonchev–Trinajstić information content (AvgIpc) is 2.64. The summed E-state index contributed by atoms with van der Waals surface area (Å²) in [4.78, 5) is 2.32. The van der Waals surface area contributed by atoms with Gasteiger partial charge in [0.25, 0.3) is 0 Å². The van der Waals surface area contributed by atoms with Gasteiger partial charge in [0.05, 0.1) is 6.10 Å². The second-order valence-corrected chi connectivity index (χ2v) is 5.14. The maximum absolute atomic E-state index is 10.00. The van der Waals surface area contributed by atoms with Crippen molar-refractivity contribution < 1.29 is 5.11 Å². The minimum absolute atomic E-state index is 0.234. The summed E-state index contributed by atoms with van der Waals surface area (Å²) in [6.07, 6.45) is 2.92. The summed E-state index contributed by atoms with van der Waals surface area (Å²) >= 11 is 0. The lowest BCUT2D eigenvalue weighted by atomic mass is 9.95. The Kier molecular flexibility index (Phi) is 3.89. The highest BCUT2D eigenvalue weighted by molar-refractivity contribution is 5.31. The van der Waals surface area contributed by atoms with Crippen molar-refractivity contribution in [2.45, 2.75) is 45.8 Å². The molecule has 1 unspecified atom stereocenters. The van der Waals surface area contributed by atoms with Gasteiger partial charge >= 0.3 is 0 Å². The Labute approximate surface area is 104 Å². The third-order valence-electron chi connectivity index (χ3n) is 3.94. The SMILES string of the molecule is CCN(C)CCn1c(C)cc2c1CCCC2O. The van der Waals surface area contributed by atoms with Crippen LogP contribution in [0.3, 0.4) is 0 Å². The van der Waals surface area contributed by atoms with Gasteiger partial charge in [-0.1, -0.05) is 6.92 Å². The third-order valence-corrected chi connectivity index (χ3v) is 3.94. The maximum atomic E-state index is 10.00. The predicted molar refractivity (Wildman–Crippen MR) is 70.2 cm³/mol. The number of aliphatic hydroxyl groups is 1. The van der Waals surface area contributed by atoms with Crippen LogP contribution in [0.1, 0.15) is 42.8 Å². The number of nitrogens with zero attached hydrogens (tertiary/aromatic N) is 2. The van der Waals surface area contributed by atoms with E-state index in [-0.39, 0.29) is 6.10 Å². The Hall–Kier alpha value is -0.800. The van der Waals surface area contributed by atoms with Gasteiger partial charge in [0.1, 0.15) is 0 Å². The molecule has 1 heterocycles. The molecule has 3 heteroatoms. The second-order valence-electron chi connectivity index (χ2n) is 5.14. The van der Waals surface area contributed by atoms with E-state index in [1.807, 2.05) is 0 Å². The van der Waals surface area contributed by atoms with E-state index in [0.717, 1.165) is 38.9 Å². The third kappa shape index (κ3) is 2.55. The zero-order valence-electron chi connectivity index (χ0n) is 11.2. The minimum atomic E-state index is -0.234. The highest BCUT2D eigenvalue weighted by Gasteiger charge is 2.22. The maximum Gasteiger partial charge on any atom is 0.0807 e. The molecule has 0 aromatic carbocycles. The Bertz CT molecular complexity index is 384. The van der Waals surface area contributed by atoms with Crippen molar-refractivity contribution in [1.82, 2.24) is 9.47 Å². The molecule has 0 saturated heterocycles. The van der Waals surface area contributed by atoms with E-state index in [9.17, 15) is 5.11 Å². The van der Waals surface area contributed by atoms with Gasteiger partial charge in [-0.3, -0.25) is 0 Å². The van der Waals surface area contributed by atoms with Gasteiger partial charge in [-0.15, -0.1) is 0 Å². The van der Waals surface area contributed by atoms with Crippen LogP contribution in [0.15, 0.2) is 6.07 Å². The zero-order valence-corrected chi connectivity index (χ0v) is 11.2. The normalized spacial score (nSPS) is 19.7. The predicted octanol–water partition coefficient (Wildman–Crippen LogP) is 2.12. The summed E-state index contributed by atoms with van der Waals surface area (Å²) in [7, 11) is 2.15. The first-order valence-corrected chi connectivity index (χ1v) is 6.69. The fraction of sp³-hybridized carbons (Fsp3) is 0.714. The molecule has 0 aliphatic heterocycles. The lowest BCUT2D eigenvalue weighted by molar-refractivity contribution is 0.155. The number of hydrogen-bond acceptors (Lipinski definition) is 2. The number of fused-ring (bicyclic) bond motifs is 1. The molecule has 1 N–H and O–H groups in total. The number of aryl methyl sites for hydroxylation is 1. The summed E-state index contributed by atoms with van der Waals surface area (Å²) in [5, 5.41) is 10.00. The quantitative estimate of drug-likeness (QED) is 0.867. The zero-order chi connectivity index (χ0) is 12.4. The van der Waals surface area contributed by atoms with Crippen molar-refractivity contribution in [2.24, 2.45) is 0 Å². The van der Waals surface area contributed by atoms with Gasteiger partial charge in [-0.05, 0) is 45.8 Å². The van der Waals surface area contributed by atoms with Crippen molar-refractivity contribution in [3.63, 3.8) is 0 Å². The van der Waals surface area contributed by atoms with Crippen LogP contribution >= 0.6 is 0 Å². The largest absolute Gasteiger partial charge is 0.388 e. The molecule has 0 spiro atoms. The van der Waals surface area contributed by atoms with E-state index in [2.05, 4.69) is 36.4 Å². The first-order valence-electron chi connectivity index (χ1n) is 6.69. The molecule has 1 aromatic heterocycles. The molecule has 0 radical (unpaired) electrons. The van der Waals surface area contributed by atoms with Crippen LogP contribution < -0.4 is 0 Å².